The molecular formula is C17H29N2O9P. The van der Waals surface area contributed by atoms with Crippen LogP contribution in [0.4, 0.5) is 0 Å². The van der Waals surface area contributed by atoms with Crippen molar-refractivity contribution in [1.82, 2.24) is 9.55 Å². The largest absolute Gasteiger partial charge is 0.472 e. The van der Waals surface area contributed by atoms with Crippen molar-refractivity contribution in [3.05, 3.63) is 32.6 Å². The topological polar surface area (TPSA) is 149 Å². The fourth-order valence-corrected chi connectivity index (χ4v) is 3.69. The molecule has 0 saturated carbocycles. The molecule has 2 heterocycles. The van der Waals surface area contributed by atoms with Gasteiger partial charge in [-0.05, 0) is 34.1 Å². The van der Waals surface area contributed by atoms with Crippen LogP contribution in [0.15, 0.2) is 15.8 Å². The Morgan fingerprint density at radius 3 is 2.69 bits per heavy atom. The van der Waals surface area contributed by atoms with Gasteiger partial charge in [-0.1, -0.05) is 0 Å². The van der Waals surface area contributed by atoms with Crippen LogP contribution in [-0.2, 0) is 23.1 Å². The number of aliphatic hydroxyl groups is 1. The molecule has 0 aromatic carbocycles. The highest BCUT2D eigenvalue weighted by molar-refractivity contribution is 7.47. The van der Waals surface area contributed by atoms with Gasteiger partial charge in [0.25, 0.3) is 5.56 Å². The molecule has 1 aromatic rings. The van der Waals surface area contributed by atoms with Crippen LogP contribution in [0.3, 0.4) is 0 Å². The summed E-state index contributed by atoms with van der Waals surface area (Å²) in [4.78, 5) is 35.9. The standard InChI is InChI=1S/C17H29N2O9P/c1-11-9-19(16(22)18-15(11)21)14-8-12(13(27-14)10-25-17(2,3)4)28-29(23,24)26-7-5-6-20/h9,12-14,20H,5-8,10H2,1-4H3,(H,23,24)(H,18,21,22)/t12-,13?,14-/m1/s1. The van der Waals surface area contributed by atoms with Crippen molar-refractivity contribution in [3.8, 4) is 0 Å². The summed E-state index contributed by atoms with van der Waals surface area (Å²) < 4.78 is 35.1. The second kappa shape index (κ2) is 9.65. The summed E-state index contributed by atoms with van der Waals surface area (Å²) in [6, 6.07) is 0. The first-order valence-corrected chi connectivity index (χ1v) is 10.8. The quantitative estimate of drug-likeness (QED) is 0.378. The average molecular weight is 436 g/mol. The number of ether oxygens (including phenoxy) is 2. The molecule has 1 fully saturated rings. The van der Waals surface area contributed by atoms with Crippen LogP contribution in [-0.4, -0.2) is 57.2 Å². The van der Waals surface area contributed by atoms with Gasteiger partial charge in [0.05, 0.1) is 18.8 Å². The predicted molar refractivity (Wildman–Crippen MR) is 103 cm³/mol. The van der Waals surface area contributed by atoms with Gasteiger partial charge >= 0.3 is 13.5 Å². The molecule has 11 nitrogen and oxygen atoms in total. The third-order valence-corrected chi connectivity index (χ3v) is 5.19. The van der Waals surface area contributed by atoms with Crippen molar-refractivity contribution in [2.45, 2.75) is 64.6 Å². The third kappa shape index (κ3) is 7.14. The Hall–Kier alpha value is -1.33. The molecular weight excluding hydrogens is 407 g/mol. The summed E-state index contributed by atoms with van der Waals surface area (Å²) in [5.41, 5.74) is -1.33. The highest BCUT2D eigenvalue weighted by Crippen LogP contribution is 2.48. The highest BCUT2D eigenvalue weighted by Gasteiger charge is 2.42. The molecule has 166 valence electrons. The number of aliphatic hydroxyl groups excluding tert-OH is 1. The van der Waals surface area contributed by atoms with E-state index in [9.17, 15) is 19.0 Å². The Morgan fingerprint density at radius 1 is 1.38 bits per heavy atom. The van der Waals surface area contributed by atoms with Crippen molar-refractivity contribution in [2.75, 3.05) is 19.8 Å². The highest BCUT2D eigenvalue weighted by atomic mass is 31.2. The molecule has 29 heavy (non-hydrogen) atoms. The van der Waals surface area contributed by atoms with E-state index < -0.39 is 43.1 Å². The Labute approximate surface area is 168 Å². The number of nitrogens with one attached hydrogen (secondary N) is 1. The zero-order valence-corrected chi connectivity index (χ0v) is 17.9. The fraction of sp³-hybridized carbons (Fsp3) is 0.765. The van der Waals surface area contributed by atoms with Crippen LogP contribution in [0.25, 0.3) is 0 Å². The van der Waals surface area contributed by atoms with E-state index in [0.29, 0.717) is 5.56 Å². The number of rotatable bonds is 9. The zero-order valence-electron chi connectivity index (χ0n) is 17.0. The molecule has 1 saturated heterocycles. The second-order valence-corrected chi connectivity index (χ2v) is 9.20. The molecule has 4 atom stereocenters. The molecule has 0 aliphatic carbocycles. The van der Waals surface area contributed by atoms with E-state index in [1.54, 1.807) is 6.92 Å². The van der Waals surface area contributed by atoms with Gasteiger partial charge in [0.15, 0.2) is 0 Å². The predicted octanol–water partition coefficient (Wildman–Crippen LogP) is 0.832. The maximum absolute atomic E-state index is 12.2. The summed E-state index contributed by atoms with van der Waals surface area (Å²) in [6.07, 6.45) is -0.856. The van der Waals surface area contributed by atoms with Crippen molar-refractivity contribution in [3.63, 3.8) is 0 Å². The minimum atomic E-state index is -4.41. The fourth-order valence-electron chi connectivity index (χ4n) is 2.71. The van der Waals surface area contributed by atoms with Gasteiger partial charge in [-0.15, -0.1) is 0 Å². The molecule has 2 unspecified atom stereocenters. The van der Waals surface area contributed by atoms with Gasteiger partial charge in [0.1, 0.15) is 18.4 Å². The number of nitrogens with zero attached hydrogens (tertiary/aromatic N) is 1. The van der Waals surface area contributed by atoms with E-state index in [2.05, 4.69) is 4.98 Å². The van der Waals surface area contributed by atoms with Gasteiger partial charge in [-0.2, -0.15) is 0 Å². The van der Waals surface area contributed by atoms with Gasteiger partial charge in [-0.25, -0.2) is 9.36 Å². The lowest BCUT2D eigenvalue weighted by atomic mass is 10.1. The monoisotopic (exact) mass is 436 g/mol. The van der Waals surface area contributed by atoms with Gasteiger partial charge in [-0.3, -0.25) is 23.4 Å². The summed E-state index contributed by atoms with van der Waals surface area (Å²) in [5, 5.41) is 8.78. The van der Waals surface area contributed by atoms with Crippen LogP contribution in [0, 0.1) is 6.92 Å². The molecule has 3 N–H and O–H groups in total. The smallest absolute Gasteiger partial charge is 0.396 e. The summed E-state index contributed by atoms with van der Waals surface area (Å²) >= 11 is 0. The zero-order chi connectivity index (χ0) is 21.8. The number of phosphoric ester groups is 1. The van der Waals surface area contributed by atoms with Crippen LogP contribution in [0.2, 0.25) is 0 Å². The lowest BCUT2D eigenvalue weighted by molar-refractivity contribution is -0.0990. The first kappa shape index (κ1) is 23.9. The summed E-state index contributed by atoms with van der Waals surface area (Å²) in [6.45, 7) is 6.81. The van der Waals surface area contributed by atoms with Crippen molar-refractivity contribution in [1.29, 1.82) is 0 Å². The molecule has 1 aliphatic rings. The number of hydrogen-bond acceptors (Lipinski definition) is 8. The first-order valence-electron chi connectivity index (χ1n) is 9.30. The number of aromatic nitrogens is 2. The maximum atomic E-state index is 12.2. The van der Waals surface area contributed by atoms with E-state index in [-0.39, 0.29) is 32.7 Å². The minimum absolute atomic E-state index is 0.0540. The lowest BCUT2D eigenvalue weighted by Gasteiger charge is -2.25. The van der Waals surface area contributed by atoms with E-state index in [1.807, 2.05) is 20.8 Å². The Balaban J connectivity index is 2.20. The number of aromatic amines is 1. The van der Waals surface area contributed by atoms with Crippen molar-refractivity contribution < 1.29 is 33.1 Å². The van der Waals surface area contributed by atoms with Crippen molar-refractivity contribution in [2.24, 2.45) is 0 Å². The summed E-state index contributed by atoms with van der Waals surface area (Å²) in [5.74, 6) is 0. The number of aryl methyl sites for hydroxylation is 1. The lowest BCUT2D eigenvalue weighted by Crippen LogP contribution is -2.34. The Morgan fingerprint density at radius 2 is 2.07 bits per heavy atom. The first-order chi connectivity index (χ1) is 13.4. The van der Waals surface area contributed by atoms with E-state index in [0.717, 1.165) is 0 Å². The van der Waals surface area contributed by atoms with Gasteiger partial charge < -0.3 is 19.5 Å². The normalized spacial score (nSPS) is 24.6. The van der Waals surface area contributed by atoms with Crippen LogP contribution in [0.1, 0.15) is 45.4 Å². The molecule has 0 spiro atoms. The molecule has 1 aromatic heterocycles. The minimum Gasteiger partial charge on any atom is -0.396 e. The number of hydrogen-bond donors (Lipinski definition) is 3. The Kier molecular flexibility index (Phi) is 7.97. The maximum Gasteiger partial charge on any atom is 0.472 e. The van der Waals surface area contributed by atoms with E-state index in [4.69, 9.17) is 23.6 Å². The molecule has 12 heteroatoms. The molecule has 2 rings (SSSR count). The van der Waals surface area contributed by atoms with Crippen LogP contribution < -0.4 is 11.2 Å². The Bertz CT molecular complexity index is 845. The average Bonchev–Trinajstić information content (AvgIpc) is 2.97. The number of H-pyrrole nitrogens is 1. The molecule has 0 bridgehead atoms. The molecule has 0 amide bonds. The molecule has 1 aliphatic heterocycles. The van der Waals surface area contributed by atoms with Gasteiger partial charge in [0, 0.05) is 24.8 Å². The van der Waals surface area contributed by atoms with Gasteiger partial charge in [0.2, 0.25) is 0 Å². The van der Waals surface area contributed by atoms with E-state index >= 15 is 0 Å². The van der Waals surface area contributed by atoms with Crippen LogP contribution in [0.5, 0.6) is 0 Å². The third-order valence-electron chi connectivity index (χ3n) is 4.14. The molecule has 0 radical (unpaired) electrons. The van der Waals surface area contributed by atoms with Crippen LogP contribution >= 0.6 is 7.82 Å². The van der Waals surface area contributed by atoms with E-state index in [1.165, 1.54) is 10.8 Å². The SMILES string of the molecule is Cc1cn([C@H]2C[C@@H](OP(=O)(O)OCCCO)C(COC(C)(C)C)O2)c(=O)[nH]c1=O. The van der Waals surface area contributed by atoms with Crippen molar-refractivity contribution >= 4 is 7.82 Å². The summed E-state index contributed by atoms with van der Waals surface area (Å²) in [7, 11) is -4.41. The second-order valence-electron chi connectivity index (χ2n) is 7.79. The number of phosphoric acid groups is 1.